The molecule has 6 heteroatoms. The first-order valence-electron chi connectivity index (χ1n) is 8.55. The van der Waals surface area contributed by atoms with Crippen LogP contribution in [-0.2, 0) is 25.9 Å². The first kappa shape index (κ1) is 19.7. The summed E-state index contributed by atoms with van der Waals surface area (Å²) in [5.41, 5.74) is 6.99. The Morgan fingerprint density at radius 1 is 1.36 bits per heavy atom. The van der Waals surface area contributed by atoms with Gasteiger partial charge in [-0.1, -0.05) is 37.5 Å². The summed E-state index contributed by atoms with van der Waals surface area (Å²) in [7, 11) is 0. The number of primary amides is 1. The molecule has 4 N–H and O–H groups in total. The predicted octanol–water partition coefficient (Wildman–Crippen LogP) is 3.26. The van der Waals surface area contributed by atoms with Crippen LogP contribution in [0, 0.1) is 24.4 Å². The fraction of sp³-hybridized carbons (Fsp3) is 0.526. The van der Waals surface area contributed by atoms with E-state index in [9.17, 15) is 4.79 Å². The van der Waals surface area contributed by atoms with Crippen LogP contribution in [-0.4, -0.2) is 22.6 Å². The van der Waals surface area contributed by atoms with E-state index in [-0.39, 0.29) is 27.0 Å². The second-order valence-electron chi connectivity index (χ2n) is 7.12. The van der Waals surface area contributed by atoms with Gasteiger partial charge >= 0.3 is 0 Å². The Bertz CT molecular complexity index is 644. The summed E-state index contributed by atoms with van der Waals surface area (Å²) in [5.74, 6) is 1.10. The number of aliphatic hydroxyl groups excluding tert-OH is 1. The molecular formula is C19H24N3O2W-. The number of anilines is 1. The molecule has 0 bridgehead atoms. The fourth-order valence-corrected chi connectivity index (χ4v) is 3.81. The third-order valence-corrected chi connectivity index (χ3v) is 5.39. The molecule has 0 aliphatic heterocycles. The van der Waals surface area contributed by atoms with Gasteiger partial charge in [0, 0.05) is 32.8 Å². The van der Waals surface area contributed by atoms with Crippen LogP contribution in [0.15, 0.2) is 24.3 Å². The summed E-state index contributed by atoms with van der Waals surface area (Å²) in [6, 6.07) is 8.70. The SMILES string of the molecule is C#CO.NC(=O)C1([N-]c2cccc(NC3CCC3)c2)CC2CC2C1.[W]. The molecule has 0 saturated heterocycles. The number of hydrogen-bond acceptors (Lipinski definition) is 3. The molecule has 3 saturated carbocycles. The van der Waals surface area contributed by atoms with Gasteiger partial charge in [-0.3, -0.25) is 4.79 Å². The summed E-state index contributed by atoms with van der Waals surface area (Å²) in [4.78, 5) is 11.9. The molecule has 0 spiro atoms. The zero-order valence-electron chi connectivity index (χ0n) is 14.1. The van der Waals surface area contributed by atoms with Crippen molar-refractivity contribution in [1.82, 2.24) is 0 Å². The van der Waals surface area contributed by atoms with E-state index in [1.807, 2.05) is 18.2 Å². The summed E-state index contributed by atoms with van der Waals surface area (Å²) in [6.45, 7) is 0. The van der Waals surface area contributed by atoms with Gasteiger partial charge in [-0.05, 0) is 49.1 Å². The molecule has 3 aliphatic carbocycles. The Hall–Kier alpha value is -1.66. The molecule has 5 nitrogen and oxygen atoms in total. The number of rotatable bonds is 5. The Morgan fingerprint density at radius 3 is 2.52 bits per heavy atom. The van der Waals surface area contributed by atoms with Gasteiger partial charge < -0.3 is 21.5 Å². The number of carbonyl (C=O) groups excluding carboxylic acids is 1. The van der Waals surface area contributed by atoms with Crippen molar-refractivity contribution in [3.05, 3.63) is 29.6 Å². The van der Waals surface area contributed by atoms with Crippen LogP contribution < -0.4 is 11.1 Å². The Balaban J connectivity index is 0.000000528. The van der Waals surface area contributed by atoms with Crippen LogP contribution >= 0.6 is 0 Å². The minimum absolute atomic E-state index is 0. The van der Waals surface area contributed by atoms with E-state index in [0.717, 1.165) is 24.2 Å². The van der Waals surface area contributed by atoms with E-state index in [2.05, 4.69) is 17.8 Å². The predicted molar refractivity (Wildman–Crippen MR) is 94.2 cm³/mol. The van der Waals surface area contributed by atoms with E-state index in [4.69, 9.17) is 16.2 Å². The van der Waals surface area contributed by atoms with Crippen molar-refractivity contribution >= 4 is 17.3 Å². The van der Waals surface area contributed by atoms with E-state index >= 15 is 0 Å². The number of nitrogens with two attached hydrogens (primary N) is 1. The first-order valence-corrected chi connectivity index (χ1v) is 8.55. The smallest absolute Gasteiger partial charge is 0.205 e. The number of benzene rings is 1. The van der Waals surface area contributed by atoms with Crippen molar-refractivity contribution in [2.24, 2.45) is 17.6 Å². The minimum atomic E-state index is -0.650. The molecule has 2 unspecified atom stereocenters. The molecule has 0 heterocycles. The van der Waals surface area contributed by atoms with Gasteiger partial charge in [-0.15, -0.1) is 5.69 Å². The topological polar surface area (TPSA) is 89.5 Å². The normalized spacial score (nSPS) is 28.8. The van der Waals surface area contributed by atoms with Gasteiger partial charge in [-0.25, -0.2) is 0 Å². The molecule has 1 amide bonds. The third kappa shape index (κ3) is 4.50. The van der Waals surface area contributed by atoms with Gasteiger partial charge in [0.1, 0.15) is 6.11 Å². The number of hydrogen-bond donors (Lipinski definition) is 3. The van der Waals surface area contributed by atoms with E-state index in [0.29, 0.717) is 17.9 Å². The maximum atomic E-state index is 11.9. The number of amides is 1. The van der Waals surface area contributed by atoms with Crippen molar-refractivity contribution in [2.45, 2.75) is 50.1 Å². The van der Waals surface area contributed by atoms with Crippen molar-refractivity contribution in [2.75, 3.05) is 5.32 Å². The van der Waals surface area contributed by atoms with Crippen LogP contribution in [0.1, 0.15) is 38.5 Å². The van der Waals surface area contributed by atoms with E-state index in [1.165, 1.54) is 31.8 Å². The zero-order chi connectivity index (χ0) is 17.2. The Morgan fingerprint density at radius 2 is 2.00 bits per heavy atom. The van der Waals surface area contributed by atoms with Crippen LogP contribution in [0.2, 0.25) is 0 Å². The van der Waals surface area contributed by atoms with Crippen LogP contribution in [0.3, 0.4) is 0 Å². The number of nitrogens with one attached hydrogen (secondary N) is 1. The second-order valence-corrected chi connectivity index (χ2v) is 7.12. The summed E-state index contributed by atoms with van der Waals surface area (Å²) in [5, 5.41) is 15.4. The standard InChI is InChI=1S/C17H22N3O.C2H2O.W/c18-16(21)17(9-11-7-12(11)10-17)20-15-6-2-5-14(8-15)19-13-3-1-4-13;1-2-3;/h2,5-6,8,11-13,19H,1,3-4,7,9-10H2,(H2,18,21);1,3H;/q-1;;. The molecule has 25 heavy (non-hydrogen) atoms. The van der Waals surface area contributed by atoms with Crippen molar-refractivity contribution < 1.29 is 31.0 Å². The van der Waals surface area contributed by atoms with Crippen LogP contribution in [0.25, 0.3) is 5.32 Å². The molecule has 0 radical (unpaired) electrons. The van der Waals surface area contributed by atoms with Crippen molar-refractivity contribution in [3.63, 3.8) is 0 Å². The molecule has 134 valence electrons. The molecule has 3 fully saturated rings. The number of fused-ring (bicyclic) bond motifs is 1. The molecule has 2 atom stereocenters. The molecule has 1 aromatic carbocycles. The minimum Gasteiger partial charge on any atom is -0.671 e. The van der Waals surface area contributed by atoms with Gasteiger partial charge in [0.2, 0.25) is 5.91 Å². The van der Waals surface area contributed by atoms with E-state index in [1.54, 1.807) is 0 Å². The third-order valence-electron chi connectivity index (χ3n) is 5.39. The van der Waals surface area contributed by atoms with Gasteiger partial charge in [0.25, 0.3) is 0 Å². The molecular weight excluding hydrogens is 486 g/mol. The summed E-state index contributed by atoms with van der Waals surface area (Å²) >= 11 is 0. The number of aliphatic hydroxyl groups is 1. The van der Waals surface area contributed by atoms with Crippen molar-refractivity contribution in [1.29, 1.82) is 0 Å². The monoisotopic (exact) mass is 510 g/mol. The zero-order valence-corrected chi connectivity index (χ0v) is 17.1. The second kappa shape index (κ2) is 8.14. The molecule has 0 aromatic heterocycles. The van der Waals surface area contributed by atoms with E-state index < -0.39 is 5.54 Å². The van der Waals surface area contributed by atoms with Crippen molar-refractivity contribution in [3.8, 4) is 12.5 Å². The average molecular weight is 510 g/mol. The number of nitrogens with zero attached hydrogens (tertiary/aromatic N) is 1. The molecule has 3 aliphatic rings. The van der Waals surface area contributed by atoms with Gasteiger partial charge in [0.15, 0.2) is 0 Å². The maximum absolute atomic E-state index is 11.9. The van der Waals surface area contributed by atoms with Gasteiger partial charge in [-0.2, -0.15) is 0 Å². The fourth-order valence-electron chi connectivity index (χ4n) is 3.81. The molecule has 1 aromatic rings. The Labute approximate surface area is 163 Å². The first-order chi connectivity index (χ1) is 11.6. The van der Waals surface area contributed by atoms with Crippen LogP contribution in [0.4, 0.5) is 11.4 Å². The summed E-state index contributed by atoms with van der Waals surface area (Å²) in [6.07, 6.45) is 12.1. The number of carbonyl (C=O) groups is 1. The molecule has 4 rings (SSSR count). The largest absolute Gasteiger partial charge is 0.671 e. The maximum Gasteiger partial charge on any atom is 0.205 e. The Kier molecular flexibility index (Phi) is 6.41. The number of terminal acetylenes is 1. The average Bonchev–Trinajstić information content (AvgIpc) is 3.11. The quantitative estimate of drug-likeness (QED) is 0.532. The van der Waals surface area contributed by atoms with Crippen LogP contribution in [0.5, 0.6) is 0 Å². The van der Waals surface area contributed by atoms with Gasteiger partial charge in [0.05, 0.1) is 0 Å². The summed E-state index contributed by atoms with van der Waals surface area (Å²) < 4.78 is 0.